The Morgan fingerprint density at radius 3 is 1.30 bits per heavy atom. The Bertz CT molecular complexity index is 1540. The summed E-state index contributed by atoms with van der Waals surface area (Å²) in [6.07, 6.45) is 0. The van der Waals surface area contributed by atoms with Crippen molar-refractivity contribution >= 4 is 41.6 Å². The molecule has 166 valence electrons. The Morgan fingerprint density at radius 1 is 0.515 bits per heavy atom. The number of furan rings is 1. The van der Waals surface area contributed by atoms with Crippen molar-refractivity contribution in [2.24, 2.45) is 0 Å². The van der Waals surface area contributed by atoms with Gasteiger partial charge in [-0.2, -0.15) is 0 Å². The lowest BCUT2D eigenvalue weighted by molar-refractivity contribution is 0.593. The van der Waals surface area contributed by atoms with Crippen LogP contribution in [0.1, 0.15) is 11.1 Å². The van der Waals surface area contributed by atoms with Crippen LogP contribution in [0.25, 0.3) is 21.9 Å². The summed E-state index contributed by atoms with van der Waals surface area (Å²) in [5.41, 5.74) is 2.40. The normalized spacial score (nSPS) is 12.4. The molecule has 0 aliphatic heterocycles. The second kappa shape index (κ2) is 8.17. The fraction of sp³-hybridized carbons (Fsp3) is 0.0769. The molecule has 0 amide bonds. The van der Waals surface area contributed by atoms with Crippen molar-refractivity contribution in [2.75, 3.05) is 0 Å². The summed E-state index contributed by atoms with van der Waals surface area (Å²) in [7, 11) is -7.18. The standard InChI is InChI=1S/C26H20O5S2/c27-32(28,17-19-7-3-1-4-8-19)21-11-13-25-23(15-21)24-16-22(12-14-26(24)31-25)33(29,30)18-20-9-5-2-6-10-20/h1-16H,17-18H2. The van der Waals surface area contributed by atoms with E-state index in [0.29, 0.717) is 33.1 Å². The van der Waals surface area contributed by atoms with Crippen LogP contribution in [0.5, 0.6) is 0 Å². The Labute approximate surface area is 192 Å². The second-order valence-corrected chi connectivity index (χ2v) is 11.9. The molecule has 0 unspecified atom stereocenters. The third kappa shape index (κ3) is 4.29. The predicted octanol–water partition coefficient (Wildman–Crippen LogP) is 5.53. The molecule has 0 spiro atoms. The van der Waals surface area contributed by atoms with Gasteiger partial charge in [-0.15, -0.1) is 0 Å². The van der Waals surface area contributed by atoms with Crippen molar-refractivity contribution in [1.82, 2.24) is 0 Å². The zero-order valence-electron chi connectivity index (χ0n) is 17.5. The van der Waals surface area contributed by atoms with Crippen LogP contribution in [0.2, 0.25) is 0 Å². The van der Waals surface area contributed by atoms with E-state index >= 15 is 0 Å². The van der Waals surface area contributed by atoms with E-state index in [9.17, 15) is 16.8 Å². The Hall–Kier alpha value is -3.42. The summed E-state index contributed by atoms with van der Waals surface area (Å²) >= 11 is 0. The van der Waals surface area contributed by atoms with Gasteiger partial charge in [0.05, 0.1) is 21.3 Å². The largest absolute Gasteiger partial charge is 0.456 e. The first-order valence-corrected chi connectivity index (χ1v) is 13.6. The van der Waals surface area contributed by atoms with Crippen LogP contribution >= 0.6 is 0 Å². The van der Waals surface area contributed by atoms with Crippen LogP contribution in [0, 0.1) is 0 Å². The molecule has 0 saturated heterocycles. The Morgan fingerprint density at radius 2 is 0.909 bits per heavy atom. The highest BCUT2D eigenvalue weighted by Crippen LogP contribution is 2.33. The average molecular weight is 477 g/mol. The van der Waals surface area contributed by atoms with Crippen molar-refractivity contribution in [1.29, 1.82) is 0 Å². The molecule has 4 aromatic carbocycles. The summed E-state index contributed by atoms with van der Waals surface area (Å²) in [6.45, 7) is 0. The van der Waals surface area contributed by atoms with Gasteiger partial charge in [0.25, 0.3) is 0 Å². The van der Waals surface area contributed by atoms with Crippen LogP contribution in [0.3, 0.4) is 0 Å². The van der Waals surface area contributed by atoms with E-state index in [-0.39, 0.29) is 21.3 Å². The first-order chi connectivity index (χ1) is 15.8. The SMILES string of the molecule is O=S(=O)(Cc1ccccc1)c1ccc2oc3ccc(S(=O)(=O)Cc4ccccc4)cc3c2c1. The average Bonchev–Trinajstić information content (AvgIpc) is 3.17. The van der Waals surface area contributed by atoms with Gasteiger partial charge in [0, 0.05) is 10.8 Å². The smallest absolute Gasteiger partial charge is 0.182 e. The van der Waals surface area contributed by atoms with Crippen molar-refractivity contribution in [3.63, 3.8) is 0 Å². The monoisotopic (exact) mass is 476 g/mol. The zero-order chi connectivity index (χ0) is 23.1. The summed E-state index contributed by atoms with van der Waals surface area (Å²) in [5.74, 6) is -0.238. The predicted molar refractivity (Wildman–Crippen MR) is 128 cm³/mol. The lowest BCUT2D eigenvalue weighted by Gasteiger charge is -2.06. The van der Waals surface area contributed by atoms with E-state index in [1.807, 2.05) is 12.1 Å². The Kier molecular flexibility index (Phi) is 5.31. The summed E-state index contributed by atoms with van der Waals surface area (Å²) < 4.78 is 57.9. The molecule has 0 saturated carbocycles. The molecular formula is C26H20O5S2. The summed E-state index contributed by atoms with van der Waals surface area (Å²) in [4.78, 5) is 0.332. The fourth-order valence-corrected chi connectivity index (χ4v) is 6.62. The van der Waals surface area contributed by atoms with Crippen LogP contribution in [0.15, 0.2) is 111 Å². The van der Waals surface area contributed by atoms with Gasteiger partial charge in [-0.3, -0.25) is 0 Å². The fourth-order valence-electron chi connectivity index (χ4n) is 3.88. The van der Waals surface area contributed by atoms with Crippen LogP contribution in [0.4, 0.5) is 0 Å². The molecule has 7 heteroatoms. The van der Waals surface area contributed by atoms with Crippen LogP contribution in [-0.4, -0.2) is 16.8 Å². The van der Waals surface area contributed by atoms with Gasteiger partial charge < -0.3 is 4.42 Å². The zero-order valence-corrected chi connectivity index (χ0v) is 19.1. The second-order valence-electron chi connectivity index (χ2n) is 7.91. The van der Waals surface area contributed by atoms with E-state index < -0.39 is 19.7 Å². The number of hydrogen-bond acceptors (Lipinski definition) is 5. The quantitative estimate of drug-likeness (QED) is 0.322. The minimum Gasteiger partial charge on any atom is -0.456 e. The first-order valence-electron chi connectivity index (χ1n) is 10.3. The molecule has 5 nitrogen and oxygen atoms in total. The lowest BCUT2D eigenvalue weighted by atomic mass is 10.1. The van der Waals surface area contributed by atoms with E-state index in [2.05, 4.69) is 0 Å². The van der Waals surface area contributed by atoms with Gasteiger partial charge in [0.2, 0.25) is 0 Å². The van der Waals surface area contributed by atoms with E-state index in [0.717, 1.165) is 0 Å². The number of hydrogen-bond donors (Lipinski definition) is 0. The highest BCUT2D eigenvalue weighted by molar-refractivity contribution is 7.91. The van der Waals surface area contributed by atoms with Gasteiger partial charge in [-0.05, 0) is 47.5 Å². The molecule has 0 fully saturated rings. The number of sulfone groups is 2. The summed E-state index contributed by atoms with van der Waals surface area (Å²) in [5, 5.41) is 1.13. The molecule has 1 aromatic heterocycles. The van der Waals surface area contributed by atoms with Gasteiger partial charge >= 0.3 is 0 Å². The number of fused-ring (bicyclic) bond motifs is 3. The third-order valence-corrected chi connectivity index (χ3v) is 8.90. The van der Waals surface area contributed by atoms with Crippen LogP contribution < -0.4 is 0 Å². The lowest BCUT2D eigenvalue weighted by Crippen LogP contribution is -2.05. The van der Waals surface area contributed by atoms with Gasteiger partial charge in [0.15, 0.2) is 19.7 Å². The molecule has 33 heavy (non-hydrogen) atoms. The molecule has 0 N–H and O–H groups in total. The summed E-state index contributed by atoms with van der Waals surface area (Å²) in [6, 6.07) is 27.4. The molecule has 0 radical (unpaired) electrons. The topological polar surface area (TPSA) is 81.4 Å². The molecule has 1 heterocycles. The van der Waals surface area contributed by atoms with Crippen molar-refractivity contribution < 1.29 is 21.3 Å². The molecule has 5 rings (SSSR count). The highest BCUT2D eigenvalue weighted by Gasteiger charge is 2.20. The van der Waals surface area contributed by atoms with E-state index in [1.54, 1.807) is 72.8 Å². The molecular weight excluding hydrogens is 456 g/mol. The van der Waals surface area contributed by atoms with Crippen molar-refractivity contribution in [2.45, 2.75) is 21.3 Å². The highest BCUT2D eigenvalue weighted by atomic mass is 32.2. The number of rotatable bonds is 6. The van der Waals surface area contributed by atoms with Gasteiger partial charge in [0.1, 0.15) is 11.2 Å². The van der Waals surface area contributed by atoms with Gasteiger partial charge in [-0.25, -0.2) is 16.8 Å². The van der Waals surface area contributed by atoms with Crippen molar-refractivity contribution in [3.05, 3.63) is 108 Å². The maximum absolute atomic E-state index is 13.0. The molecule has 0 aliphatic carbocycles. The minimum atomic E-state index is -3.59. The van der Waals surface area contributed by atoms with Gasteiger partial charge in [-0.1, -0.05) is 60.7 Å². The molecule has 0 bridgehead atoms. The number of benzene rings is 4. The van der Waals surface area contributed by atoms with E-state index in [1.165, 1.54) is 12.1 Å². The molecule has 0 atom stereocenters. The van der Waals surface area contributed by atoms with Crippen molar-refractivity contribution in [3.8, 4) is 0 Å². The Balaban J connectivity index is 1.57. The maximum Gasteiger partial charge on any atom is 0.182 e. The first kappa shape index (κ1) is 21.4. The maximum atomic E-state index is 13.0. The van der Waals surface area contributed by atoms with E-state index in [4.69, 9.17) is 4.42 Å². The minimum absolute atomic E-state index is 0.119. The molecule has 0 aliphatic rings. The molecule has 5 aromatic rings. The van der Waals surface area contributed by atoms with Crippen LogP contribution in [-0.2, 0) is 31.2 Å². The third-order valence-electron chi connectivity index (χ3n) is 5.53.